The molecule has 1 amide bonds. The molecule has 0 radical (unpaired) electrons. The summed E-state index contributed by atoms with van der Waals surface area (Å²) in [4.78, 5) is 11.5. The summed E-state index contributed by atoms with van der Waals surface area (Å²) in [6.45, 7) is 4.03. The van der Waals surface area contributed by atoms with E-state index < -0.39 is 0 Å². The molecule has 0 bridgehead atoms. The number of carbonyl (C=O) groups is 1. The molecule has 1 aromatic carbocycles. The van der Waals surface area contributed by atoms with Crippen molar-refractivity contribution in [3.8, 4) is 0 Å². The van der Waals surface area contributed by atoms with Crippen molar-refractivity contribution < 1.29 is 9.53 Å². The molecule has 17 heavy (non-hydrogen) atoms. The van der Waals surface area contributed by atoms with Crippen molar-refractivity contribution in [1.82, 2.24) is 5.32 Å². The Bertz CT molecular complexity index is 338. The van der Waals surface area contributed by atoms with Crippen LogP contribution in [0.1, 0.15) is 18.9 Å². The molecule has 0 saturated heterocycles. The number of ether oxygens (including phenoxy) is 1. The van der Waals surface area contributed by atoms with Crippen LogP contribution in [0.25, 0.3) is 0 Å². The van der Waals surface area contributed by atoms with Crippen molar-refractivity contribution in [2.24, 2.45) is 0 Å². The third-order valence-electron chi connectivity index (χ3n) is 2.27. The van der Waals surface area contributed by atoms with Gasteiger partial charge in [-0.15, -0.1) is 0 Å². The molecule has 0 fully saturated rings. The molecule has 4 heteroatoms. The molecule has 0 heterocycles. The van der Waals surface area contributed by atoms with Gasteiger partial charge in [0.15, 0.2) is 0 Å². The van der Waals surface area contributed by atoms with Crippen LogP contribution in [-0.2, 0) is 16.0 Å². The molecule has 0 spiro atoms. The second kappa shape index (κ2) is 8.09. The fourth-order valence-electron chi connectivity index (χ4n) is 1.40. The van der Waals surface area contributed by atoms with Gasteiger partial charge in [0.1, 0.15) is 0 Å². The van der Waals surface area contributed by atoms with E-state index in [4.69, 9.17) is 16.3 Å². The molecule has 0 unspecified atom stereocenters. The van der Waals surface area contributed by atoms with E-state index in [1.54, 1.807) is 12.1 Å². The molecule has 3 nitrogen and oxygen atoms in total. The summed E-state index contributed by atoms with van der Waals surface area (Å²) in [5.74, 6) is 0.0313. The van der Waals surface area contributed by atoms with Crippen molar-refractivity contribution >= 4 is 17.5 Å². The number of carbonyl (C=O) groups excluding carboxylic acids is 1. The Morgan fingerprint density at radius 3 is 2.71 bits per heavy atom. The zero-order valence-electron chi connectivity index (χ0n) is 10.0. The van der Waals surface area contributed by atoms with Crippen LogP contribution in [0.5, 0.6) is 0 Å². The summed E-state index contributed by atoms with van der Waals surface area (Å²) in [5, 5.41) is 3.54. The lowest BCUT2D eigenvalue weighted by molar-refractivity contribution is -0.120. The standard InChI is InChI=1S/C13H18ClNO2/c1-2-17-9-3-8-15-13(16)10-11-4-6-12(14)7-5-11/h4-7H,2-3,8-10H2,1H3,(H,15,16). The molecule has 0 atom stereocenters. The molecule has 0 aliphatic rings. The molecule has 0 aliphatic heterocycles. The quantitative estimate of drug-likeness (QED) is 0.760. The minimum Gasteiger partial charge on any atom is -0.382 e. The number of hydrogen-bond acceptors (Lipinski definition) is 2. The van der Waals surface area contributed by atoms with E-state index in [9.17, 15) is 4.79 Å². The van der Waals surface area contributed by atoms with E-state index >= 15 is 0 Å². The first-order chi connectivity index (χ1) is 8.22. The number of amides is 1. The topological polar surface area (TPSA) is 38.3 Å². The number of rotatable bonds is 7. The zero-order chi connectivity index (χ0) is 12.5. The number of benzene rings is 1. The Morgan fingerprint density at radius 2 is 2.06 bits per heavy atom. The predicted octanol–water partition coefficient (Wildman–Crippen LogP) is 2.43. The monoisotopic (exact) mass is 255 g/mol. The van der Waals surface area contributed by atoms with Gasteiger partial charge >= 0.3 is 0 Å². The van der Waals surface area contributed by atoms with Crippen LogP contribution >= 0.6 is 11.6 Å². The van der Waals surface area contributed by atoms with Crippen LogP contribution in [-0.4, -0.2) is 25.7 Å². The summed E-state index contributed by atoms with van der Waals surface area (Å²) in [6, 6.07) is 7.31. The summed E-state index contributed by atoms with van der Waals surface area (Å²) in [5.41, 5.74) is 0.969. The van der Waals surface area contributed by atoms with Crippen LogP contribution < -0.4 is 5.32 Å². The van der Waals surface area contributed by atoms with Crippen molar-refractivity contribution in [3.63, 3.8) is 0 Å². The molecule has 1 N–H and O–H groups in total. The van der Waals surface area contributed by atoms with Crippen LogP contribution in [0, 0.1) is 0 Å². The van der Waals surface area contributed by atoms with Gasteiger partial charge in [0.05, 0.1) is 6.42 Å². The average Bonchev–Trinajstić information content (AvgIpc) is 2.32. The highest BCUT2D eigenvalue weighted by molar-refractivity contribution is 6.30. The van der Waals surface area contributed by atoms with Crippen molar-refractivity contribution in [1.29, 1.82) is 0 Å². The molecule has 94 valence electrons. The number of nitrogens with one attached hydrogen (secondary N) is 1. The first-order valence-electron chi connectivity index (χ1n) is 5.81. The Balaban J connectivity index is 2.18. The normalized spacial score (nSPS) is 10.2. The fourth-order valence-corrected chi connectivity index (χ4v) is 1.52. The van der Waals surface area contributed by atoms with E-state index in [2.05, 4.69) is 5.32 Å². The van der Waals surface area contributed by atoms with Gasteiger partial charge in [-0.1, -0.05) is 23.7 Å². The van der Waals surface area contributed by atoms with Crippen LogP contribution in [0.15, 0.2) is 24.3 Å². The SMILES string of the molecule is CCOCCCNC(=O)Cc1ccc(Cl)cc1. The Hall–Kier alpha value is -1.06. The Kier molecular flexibility index (Phi) is 6.67. The Morgan fingerprint density at radius 1 is 1.35 bits per heavy atom. The molecule has 1 aromatic rings. The summed E-state index contributed by atoms with van der Waals surface area (Å²) in [6.07, 6.45) is 1.24. The third-order valence-corrected chi connectivity index (χ3v) is 2.52. The lowest BCUT2D eigenvalue weighted by Crippen LogP contribution is -2.26. The maximum Gasteiger partial charge on any atom is 0.224 e. The molecular weight excluding hydrogens is 238 g/mol. The predicted molar refractivity (Wildman–Crippen MR) is 69.3 cm³/mol. The lowest BCUT2D eigenvalue weighted by Gasteiger charge is -2.05. The second-order valence-electron chi connectivity index (χ2n) is 3.70. The third kappa shape index (κ3) is 6.29. The molecule has 0 saturated carbocycles. The zero-order valence-corrected chi connectivity index (χ0v) is 10.8. The van der Waals surface area contributed by atoms with Gasteiger partial charge in [-0.05, 0) is 31.0 Å². The van der Waals surface area contributed by atoms with E-state index in [-0.39, 0.29) is 5.91 Å². The average molecular weight is 256 g/mol. The minimum absolute atomic E-state index is 0.0313. The van der Waals surface area contributed by atoms with Crippen molar-refractivity contribution in [2.45, 2.75) is 19.8 Å². The van der Waals surface area contributed by atoms with Crippen LogP contribution in [0.2, 0.25) is 5.02 Å². The minimum atomic E-state index is 0.0313. The molecule has 0 aromatic heterocycles. The van der Waals surface area contributed by atoms with Gasteiger partial charge in [0.25, 0.3) is 0 Å². The van der Waals surface area contributed by atoms with Crippen LogP contribution in [0.4, 0.5) is 0 Å². The highest BCUT2D eigenvalue weighted by atomic mass is 35.5. The van der Waals surface area contributed by atoms with Gasteiger partial charge in [0, 0.05) is 24.8 Å². The largest absolute Gasteiger partial charge is 0.382 e. The van der Waals surface area contributed by atoms with E-state index in [1.807, 2.05) is 19.1 Å². The Labute approximate surface area is 107 Å². The smallest absolute Gasteiger partial charge is 0.224 e. The van der Waals surface area contributed by atoms with Crippen molar-refractivity contribution in [2.75, 3.05) is 19.8 Å². The summed E-state index contributed by atoms with van der Waals surface area (Å²) >= 11 is 5.77. The highest BCUT2D eigenvalue weighted by Gasteiger charge is 2.02. The fraction of sp³-hybridized carbons (Fsp3) is 0.462. The molecular formula is C13H18ClNO2. The van der Waals surface area contributed by atoms with Crippen LogP contribution in [0.3, 0.4) is 0 Å². The number of hydrogen-bond donors (Lipinski definition) is 1. The summed E-state index contributed by atoms with van der Waals surface area (Å²) < 4.78 is 5.18. The maximum atomic E-state index is 11.5. The second-order valence-corrected chi connectivity index (χ2v) is 4.14. The first-order valence-corrected chi connectivity index (χ1v) is 6.19. The molecule has 0 aliphatic carbocycles. The van der Waals surface area contributed by atoms with Gasteiger partial charge < -0.3 is 10.1 Å². The van der Waals surface area contributed by atoms with E-state index in [0.29, 0.717) is 24.6 Å². The van der Waals surface area contributed by atoms with Gasteiger partial charge in [-0.3, -0.25) is 4.79 Å². The van der Waals surface area contributed by atoms with Gasteiger partial charge in [-0.2, -0.15) is 0 Å². The highest BCUT2D eigenvalue weighted by Crippen LogP contribution is 2.09. The van der Waals surface area contributed by atoms with Gasteiger partial charge in [-0.25, -0.2) is 0 Å². The van der Waals surface area contributed by atoms with E-state index in [1.165, 1.54) is 0 Å². The summed E-state index contributed by atoms with van der Waals surface area (Å²) in [7, 11) is 0. The van der Waals surface area contributed by atoms with Crippen molar-refractivity contribution in [3.05, 3.63) is 34.9 Å². The maximum absolute atomic E-state index is 11.5. The molecule has 1 rings (SSSR count). The van der Waals surface area contributed by atoms with E-state index in [0.717, 1.165) is 18.6 Å². The van der Waals surface area contributed by atoms with Gasteiger partial charge in [0.2, 0.25) is 5.91 Å². The number of halogens is 1. The first kappa shape index (κ1) is 14.0. The lowest BCUT2D eigenvalue weighted by atomic mass is 10.1.